The molecule has 2 rings (SSSR count). The van der Waals surface area contributed by atoms with E-state index in [9.17, 15) is 4.79 Å². The number of anilines is 1. The normalized spacial score (nSPS) is 9.64. The lowest BCUT2D eigenvalue weighted by atomic mass is 10.2. The van der Waals surface area contributed by atoms with Gasteiger partial charge in [0, 0.05) is 12.2 Å². The minimum Gasteiger partial charge on any atom is -0.492 e. The molecular weight excluding hydrogens is 280 g/mol. The lowest BCUT2D eigenvalue weighted by Crippen LogP contribution is -2.11. The van der Waals surface area contributed by atoms with Crippen LogP contribution in [0.4, 0.5) is 5.69 Å². The molecule has 0 aliphatic rings. The number of carbonyl (C=O) groups is 1. The Morgan fingerprint density at radius 3 is 2.41 bits per heavy atom. The van der Waals surface area contributed by atoms with E-state index >= 15 is 0 Å². The summed E-state index contributed by atoms with van der Waals surface area (Å²) < 4.78 is 10.2. The first-order valence-corrected chi connectivity index (χ1v) is 6.78. The summed E-state index contributed by atoms with van der Waals surface area (Å²) >= 11 is 0. The molecule has 5 heteroatoms. The Hall–Kier alpha value is -3.00. The Morgan fingerprint density at radius 2 is 1.82 bits per heavy atom. The molecule has 0 aliphatic carbocycles. The average molecular weight is 296 g/mol. The second-order valence-electron chi connectivity index (χ2n) is 4.48. The molecule has 0 atom stereocenters. The number of rotatable bonds is 6. The highest BCUT2D eigenvalue weighted by Gasteiger charge is 2.03. The Labute approximate surface area is 129 Å². The molecule has 0 saturated heterocycles. The van der Waals surface area contributed by atoms with Crippen molar-refractivity contribution in [3.05, 3.63) is 59.7 Å². The number of nitriles is 1. The molecule has 22 heavy (non-hydrogen) atoms. The highest BCUT2D eigenvalue weighted by Crippen LogP contribution is 2.12. The van der Waals surface area contributed by atoms with Crippen LogP contribution >= 0.6 is 0 Å². The number of hydrogen-bond donors (Lipinski definition) is 1. The van der Waals surface area contributed by atoms with Crippen LogP contribution in [0, 0.1) is 11.3 Å². The number of ether oxygens (including phenoxy) is 2. The van der Waals surface area contributed by atoms with E-state index in [1.54, 1.807) is 36.4 Å². The first-order chi connectivity index (χ1) is 10.7. The Balaban J connectivity index is 1.76. The van der Waals surface area contributed by atoms with Crippen LogP contribution in [0.2, 0.25) is 0 Å². The van der Waals surface area contributed by atoms with Gasteiger partial charge in [0.2, 0.25) is 0 Å². The lowest BCUT2D eigenvalue weighted by molar-refractivity contribution is 0.0601. The molecule has 0 aromatic heterocycles. The molecule has 0 bridgehead atoms. The molecule has 0 radical (unpaired) electrons. The van der Waals surface area contributed by atoms with Gasteiger partial charge in [0.15, 0.2) is 0 Å². The zero-order valence-corrected chi connectivity index (χ0v) is 12.2. The molecule has 0 unspecified atom stereocenters. The molecule has 0 aliphatic heterocycles. The van der Waals surface area contributed by atoms with Gasteiger partial charge in [-0.15, -0.1) is 0 Å². The molecule has 2 aromatic carbocycles. The lowest BCUT2D eigenvalue weighted by Gasteiger charge is -2.09. The number of hydrogen-bond acceptors (Lipinski definition) is 5. The van der Waals surface area contributed by atoms with Crippen molar-refractivity contribution in [2.24, 2.45) is 0 Å². The van der Waals surface area contributed by atoms with Crippen molar-refractivity contribution >= 4 is 11.7 Å². The van der Waals surface area contributed by atoms with Gasteiger partial charge in [0.25, 0.3) is 0 Å². The smallest absolute Gasteiger partial charge is 0.337 e. The molecule has 5 nitrogen and oxygen atoms in total. The van der Waals surface area contributed by atoms with Crippen LogP contribution in [-0.4, -0.2) is 26.2 Å². The highest BCUT2D eigenvalue weighted by atomic mass is 16.5. The molecule has 0 saturated carbocycles. The Kier molecular flexibility index (Phi) is 5.38. The van der Waals surface area contributed by atoms with Gasteiger partial charge < -0.3 is 14.8 Å². The number of carbonyl (C=O) groups excluding carboxylic acids is 1. The van der Waals surface area contributed by atoms with Gasteiger partial charge >= 0.3 is 5.97 Å². The van der Waals surface area contributed by atoms with E-state index in [-0.39, 0.29) is 5.97 Å². The number of nitrogens with zero attached hydrogens (tertiary/aromatic N) is 1. The minimum absolute atomic E-state index is 0.351. The maximum atomic E-state index is 11.3. The summed E-state index contributed by atoms with van der Waals surface area (Å²) in [6.45, 7) is 1.11. The summed E-state index contributed by atoms with van der Waals surface area (Å²) in [5.41, 5.74) is 2.02. The maximum absolute atomic E-state index is 11.3. The fourth-order valence-corrected chi connectivity index (χ4v) is 1.83. The SMILES string of the molecule is COC(=O)c1ccc(NCCOc2ccc(C#N)cc2)cc1. The van der Waals surface area contributed by atoms with Crippen LogP contribution in [0.15, 0.2) is 48.5 Å². The largest absolute Gasteiger partial charge is 0.492 e. The van der Waals surface area contributed by atoms with E-state index in [4.69, 9.17) is 10.00 Å². The molecule has 0 fully saturated rings. The summed E-state index contributed by atoms with van der Waals surface area (Å²) in [5, 5.41) is 11.9. The minimum atomic E-state index is -0.351. The summed E-state index contributed by atoms with van der Waals surface area (Å²) in [4.78, 5) is 11.3. The quantitative estimate of drug-likeness (QED) is 0.655. The topological polar surface area (TPSA) is 71.3 Å². The van der Waals surface area contributed by atoms with E-state index in [1.165, 1.54) is 7.11 Å². The second-order valence-corrected chi connectivity index (χ2v) is 4.48. The van der Waals surface area contributed by atoms with Gasteiger partial charge in [-0.25, -0.2) is 4.79 Å². The Bertz CT molecular complexity index is 658. The summed E-state index contributed by atoms with van der Waals surface area (Å²) in [6, 6.07) is 16.1. The van der Waals surface area contributed by atoms with Gasteiger partial charge in [-0.05, 0) is 48.5 Å². The number of esters is 1. The van der Waals surface area contributed by atoms with Crippen LogP contribution in [0.25, 0.3) is 0 Å². The van der Waals surface area contributed by atoms with Crippen molar-refractivity contribution < 1.29 is 14.3 Å². The van der Waals surface area contributed by atoms with Crippen molar-refractivity contribution in [2.45, 2.75) is 0 Å². The van der Waals surface area contributed by atoms with Crippen LogP contribution < -0.4 is 10.1 Å². The van der Waals surface area contributed by atoms with E-state index in [2.05, 4.69) is 16.1 Å². The second kappa shape index (κ2) is 7.70. The third-order valence-electron chi connectivity index (χ3n) is 2.99. The van der Waals surface area contributed by atoms with Crippen molar-refractivity contribution in [2.75, 3.05) is 25.6 Å². The van der Waals surface area contributed by atoms with E-state index < -0.39 is 0 Å². The zero-order chi connectivity index (χ0) is 15.8. The van der Waals surface area contributed by atoms with Crippen LogP contribution in [0.5, 0.6) is 5.75 Å². The van der Waals surface area contributed by atoms with Crippen molar-refractivity contribution in [1.29, 1.82) is 5.26 Å². The first-order valence-electron chi connectivity index (χ1n) is 6.78. The zero-order valence-electron chi connectivity index (χ0n) is 12.2. The van der Waals surface area contributed by atoms with E-state index in [1.807, 2.05) is 12.1 Å². The molecule has 0 amide bonds. The van der Waals surface area contributed by atoms with Gasteiger partial charge in [-0.1, -0.05) is 0 Å². The fraction of sp³-hybridized carbons (Fsp3) is 0.176. The third kappa shape index (κ3) is 4.25. The molecule has 0 spiro atoms. The summed E-state index contributed by atoms with van der Waals surface area (Å²) in [7, 11) is 1.36. The molecule has 2 aromatic rings. The first kappa shape index (κ1) is 15.4. The Morgan fingerprint density at radius 1 is 1.14 bits per heavy atom. The fourth-order valence-electron chi connectivity index (χ4n) is 1.83. The summed E-state index contributed by atoms with van der Waals surface area (Å²) in [6.07, 6.45) is 0. The molecule has 1 N–H and O–H groups in total. The number of benzene rings is 2. The van der Waals surface area contributed by atoms with Crippen LogP contribution in [0.1, 0.15) is 15.9 Å². The number of methoxy groups -OCH3 is 1. The average Bonchev–Trinajstić information content (AvgIpc) is 2.59. The third-order valence-corrected chi connectivity index (χ3v) is 2.99. The number of nitrogens with one attached hydrogen (secondary N) is 1. The standard InChI is InChI=1S/C17H16N2O3/c1-21-17(20)14-4-6-15(7-5-14)19-10-11-22-16-8-2-13(12-18)3-9-16/h2-9,19H,10-11H2,1H3. The monoisotopic (exact) mass is 296 g/mol. The van der Waals surface area contributed by atoms with E-state index in [0.29, 0.717) is 24.3 Å². The van der Waals surface area contributed by atoms with Crippen LogP contribution in [-0.2, 0) is 4.74 Å². The van der Waals surface area contributed by atoms with Crippen molar-refractivity contribution in [3.63, 3.8) is 0 Å². The van der Waals surface area contributed by atoms with Gasteiger partial charge in [0.05, 0.1) is 24.3 Å². The van der Waals surface area contributed by atoms with Crippen molar-refractivity contribution in [1.82, 2.24) is 0 Å². The van der Waals surface area contributed by atoms with Gasteiger partial charge in [-0.2, -0.15) is 5.26 Å². The van der Waals surface area contributed by atoms with E-state index in [0.717, 1.165) is 11.4 Å². The van der Waals surface area contributed by atoms with Gasteiger partial charge in [0.1, 0.15) is 12.4 Å². The van der Waals surface area contributed by atoms with Crippen LogP contribution in [0.3, 0.4) is 0 Å². The predicted octanol–water partition coefficient (Wildman–Crippen LogP) is 2.84. The predicted molar refractivity (Wildman–Crippen MR) is 82.9 cm³/mol. The molecule has 0 heterocycles. The molecule has 112 valence electrons. The highest BCUT2D eigenvalue weighted by molar-refractivity contribution is 5.89. The molecular formula is C17H16N2O3. The van der Waals surface area contributed by atoms with Crippen molar-refractivity contribution in [3.8, 4) is 11.8 Å². The van der Waals surface area contributed by atoms with Gasteiger partial charge in [-0.3, -0.25) is 0 Å². The maximum Gasteiger partial charge on any atom is 0.337 e. The summed E-state index contributed by atoms with van der Waals surface area (Å²) in [5.74, 6) is 0.373.